The van der Waals surface area contributed by atoms with E-state index >= 15 is 0 Å². The van der Waals surface area contributed by atoms with Crippen LogP contribution in [0.1, 0.15) is 20.8 Å². The van der Waals surface area contributed by atoms with Crippen molar-refractivity contribution in [2.24, 2.45) is 0 Å². The van der Waals surface area contributed by atoms with Crippen molar-refractivity contribution < 1.29 is 13.9 Å². The van der Waals surface area contributed by atoms with Gasteiger partial charge in [0.25, 0.3) is 0 Å². The first-order valence-electron chi connectivity index (χ1n) is 11.6. The molecule has 1 aliphatic heterocycles. The highest BCUT2D eigenvalue weighted by molar-refractivity contribution is 8.00. The van der Waals surface area contributed by atoms with E-state index in [4.69, 9.17) is 4.74 Å². The van der Waals surface area contributed by atoms with Crippen LogP contribution >= 0.6 is 11.8 Å². The SMILES string of the molecule is CCOc1ccc(-c2nnc(S[C@H](C)C(=O)N3CCN(CC)CC3)n2-c2ccccc2F)cc1. The molecular weight excluding hydrogens is 453 g/mol. The highest BCUT2D eigenvalue weighted by Crippen LogP contribution is 2.32. The topological polar surface area (TPSA) is 63.5 Å². The number of aromatic nitrogens is 3. The molecule has 0 aliphatic carbocycles. The van der Waals surface area contributed by atoms with Crippen LogP contribution in [0.2, 0.25) is 0 Å². The summed E-state index contributed by atoms with van der Waals surface area (Å²) in [5, 5.41) is 8.83. The lowest BCUT2D eigenvalue weighted by atomic mass is 10.2. The number of amides is 1. The minimum Gasteiger partial charge on any atom is -0.494 e. The van der Waals surface area contributed by atoms with Gasteiger partial charge in [-0.25, -0.2) is 4.39 Å². The summed E-state index contributed by atoms with van der Waals surface area (Å²) < 4.78 is 22.1. The van der Waals surface area contributed by atoms with Crippen molar-refractivity contribution in [1.29, 1.82) is 0 Å². The van der Waals surface area contributed by atoms with Crippen LogP contribution in [-0.2, 0) is 4.79 Å². The predicted molar refractivity (Wildman–Crippen MR) is 132 cm³/mol. The third kappa shape index (κ3) is 5.26. The average Bonchev–Trinajstić information content (AvgIpc) is 3.27. The summed E-state index contributed by atoms with van der Waals surface area (Å²) in [6, 6.07) is 14.0. The number of hydrogen-bond acceptors (Lipinski definition) is 6. The van der Waals surface area contributed by atoms with Gasteiger partial charge in [-0.1, -0.05) is 30.8 Å². The molecule has 3 aromatic rings. The molecule has 1 fully saturated rings. The predicted octanol–water partition coefficient (Wildman–Crippen LogP) is 4.12. The van der Waals surface area contributed by atoms with E-state index in [0.717, 1.165) is 44.0 Å². The lowest BCUT2D eigenvalue weighted by molar-refractivity contribution is -0.132. The number of benzene rings is 2. The van der Waals surface area contributed by atoms with E-state index in [2.05, 4.69) is 22.0 Å². The second-order valence-corrected chi connectivity index (χ2v) is 9.38. The van der Waals surface area contributed by atoms with Gasteiger partial charge in [-0.2, -0.15) is 0 Å². The lowest BCUT2D eigenvalue weighted by Gasteiger charge is -2.35. The van der Waals surface area contributed by atoms with Gasteiger partial charge < -0.3 is 14.5 Å². The fourth-order valence-electron chi connectivity index (χ4n) is 4.00. The van der Waals surface area contributed by atoms with Gasteiger partial charge >= 0.3 is 0 Å². The van der Waals surface area contributed by atoms with Crippen molar-refractivity contribution in [2.75, 3.05) is 39.3 Å². The second-order valence-electron chi connectivity index (χ2n) is 8.07. The van der Waals surface area contributed by atoms with Crippen LogP contribution in [-0.4, -0.2) is 75.1 Å². The summed E-state index contributed by atoms with van der Waals surface area (Å²) in [7, 11) is 0. The molecule has 1 aromatic heterocycles. The molecule has 0 bridgehead atoms. The molecule has 0 unspecified atom stereocenters. The number of nitrogens with zero attached hydrogens (tertiary/aromatic N) is 5. The van der Waals surface area contributed by atoms with Gasteiger partial charge in [0, 0.05) is 31.7 Å². The Morgan fingerprint density at radius 3 is 2.41 bits per heavy atom. The van der Waals surface area contributed by atoms with Gasteiger partial charge in [-0.15, -0.1) is 10.2 Å². The first kappa shape index (κ1) is 24.2. The number of piperazine rings is 1. The Morgan fingerprint density at radius 2 is 1.76 bits per heavy atom. The molecule has 2 heterocycles. The number of thioether (sulfide) groups is 1. The Morgan fingerprint density at radius 1 is 1.06 bits per heavy atom. The molecule has 1 aliphatic rings. The van der Waals surface area contributed by atoms with E-state index in [1.807, 2.05) is 43.0 Å². The zero-order valence-corrected chi connectivity index (χ0v) is 20.6. The number of halogens is 1. The smallest absolute Gasteiger partial charge is 0.235 e. The van der Waals surface area contributed by atoms with Crippen LogP contribution in [0.15, 0.2) is 53.7 Å². The van der Waals surface area contributed by atoms with Gasteiger partial charge in [0.2, 0.25) is 5.91 Å². The number of hydrogen-bond donors (Lipinski definition) is 0. The minimum absolute atomic E-state index is 0.0615. The maximum atomic E-state index is 14.9. The third-order valence-corrected chi connectivity index (χ3v) is 6.94. The second kappa shape index (κ2) is 11.0. The van der Waals surface area contributed by atoms with Crippen LogP contribution in [0.3, 0.4) is 0 Å². The van der Waals surface area contributed by atoms with E-state index in [1.54, 1.807) is 22.8 Å². The van der Waals surface area contributed by atoms with Crippen molar-refractivity contribution in [3.63, 3.8) is 0 Å². The molecule has 0 saturated carbocycles. The summed E-state index contributed by atoms with van der Waals surface area (Å²) in [5.74, 6) is 0.935. The highest BCUT2D eigenvalue weighted by atomic mass is 32.2. The standard InChI is InChI=1S/C25H30FN5O2S/c1-4-29-14-16-30(17-15-29)24(32)18(3)34-25-28-27-23(19-10-12-20(13-11-19)33-5-2)31(25)22-9-7-6-8-21(22)26/h6-13,18H,4-5,14-17H2,1-3H3/t18-/m1/s1. The molecule has 1 atom stereocenters. The molecule has 180 valence electrons. The van der Waals surface area contributed by atoms with Gasteiger partial charge in [0.1, 0.15) is 11.6 Å². The van der Waals surface area contributed by atoms with Gasteiger partial charge in [-0.3, -0.25) is 9.36 Å². The maximum Gasteiger partial charge on any atom is 0.235 e. The normalized spacial score (nSPS) is 15.4. The molecule has 1 amide bonds. The summed E-state index contributed by atoms with van der Waals surface area (Å²) in [4.78, 5) is 17.4. The Hall–Kier alpha value is -2.91. The van der Waals surface area contributed by atoms with Gasteiger partial charge in [-0.05, 0) is 56.8 Å². The largest absolute Gasteiger partial charge is 0.494 e. The molecule has 7 nitrogen and oxygen atoms in total. The Kier molecular flexibility index (Phi) is 7.84. The summed E-state index contributed by atoms with van der Waals surface area (Å²) in [5.41, 5.74) is 1.12. The van der Waals surface area contributed by atoms with E-state index in [0.29, 0.717) is 23.3 Å². The van der Waals surface area contributed by atoms with Crippen molar-refractivity contribution in [3.8, 4) is 22.8 Å². The van der Waals surface area contributed by atoms with E-state index in [1.165, 1.54) is 17.8 Å². The molecule has 9 heteroatoms. The Labute approximate surface area is 203 Å². The van der Waals surface area contributed by atoms with Crippen LogP contribution in [0.5, 0.6) is 5.75 Å². The van der Waals surface area contributed by atoms with Crippen LogP contribution in [0.25, 0.3) is 17.1 Å². The molecule has 1 saturated heterocycles. The molecular formula is C25H30FN5O2S. The van der Waals surface area contributed by atoms with Crippen LogP contribution in [0.4, 0.5) is 4.39 Å². The maximum absolute atomic E-state index is 14.9. The van der Waals surface area contributed by atoms with E-state index in [-0.39, 0.29) is 17.0 Å². The first-order chi connectivity index (χ1) is 16.5. The van der Waals surface area contributed by atoms with Crippen LogP contribution in [0, 0.1) is 5.82 Å². The lowest BCUT2D eigenvalue weighted by Crippen LogP contribution is -2.50. The van der Waals surface area contributed by atoms with Crippen molar-refractivity contribution in [3.05, 3.63) is 54.3 Å². The van der Waals surface area contributed by atoms with Crippen molar-refractivity contribution in [1.82, 2.24) is 24.6 Å². The number of likely N-dealkylation sites (N-methyl/N-ethyl adjacent to an activating group) is 1. The third-order valence-electron chi connectivity index (χ3n) is 5.91. The number of carbonyl (C=O) groups is 1. The average molecular weight is 484 g/mol. The summed E-state index contributed by atoms with van der Waals surface area (Å²) in [6.45, 7) is 10.7. The summed E-state index contributed by atoms with van der Waals surface area (Å²) in [6.07, 6.45) is 0. The monoisotopic (exact) mass is 483 g/mol. The van der Waals surface area contributed by atoms with Crippen molar-refractivity contribution >= 4 is 17.7 Å². The number of rotatable bonds is 8. The summed E-state index contributed by atoms with van der Waals surface area (Å²) >= 11 is 1.30. The zero-order valence-electron chi connectivity index (χ0n) is 19.8. The van der Waals surface area contributed by atoms with E-state index < -0.39 is 0 Å². The zero-order chi connectivity index (χ0) is 24.1. The van der Waals surface area contributed by atoms with Gasteiger partial charge in [0.15, 0.2) is 11.0 Å². The molecule has 34 heavy (non-hydrogen) atoms. The quantitative estimate of drug-likeness (QED) is 0.449. The number of carbonyl (C=O) groups excluding carboxylic acids is 1. The molecule has 0 radical (unpaired) electrons. The number of para-hydroxylation sites is 1. The molecule has 0 N–H and O–H groups in total. The molecule has 4 rings (SSSR count). The molecule has 0 spiro atoms. The Balaban J connectivity index is 1.62. The fourth-order valence-corrected chi connectivity index (χ4v) is 4.94. The van der Waals surface area contributed by atoms with Gasteiger partial charge in [0.05, 0.1) is 17.5 Å². The fraction of sp³-hybridized carbons (Fsp3) is 0.400. The first-order valence-corrected chi connectivity index (χ1v) is 12.5. The highest BCUT2D eigenvalue weighted by Gasteiger charge is 2.28. The Bertz CT molecular complexity index is 1110. The van der Waals surface area contributed by atoms with E-state index in [9.17, 15) is 9.18 Å². The molecule has 2 aromatic carbocycles. The van der Waals surface area contributed by atoms with Crippen molar-refractivity contribution in [2.45, 2.75) is 31.2 Å². The number of ether oxygens (including phenoxy) is 1. The van der Waals surface area contributed by atoms with Crippen LogP contribution < -0.4 is 4.74 Å². The minimum atomic E-state index is -0.383.